The van der Waals surface area contributed by atoms with Gasteiger partial charge in [0.1, 0.15) is 5.82 Å². The minimum absolute atomic E-state index is 0.127. The number of rotatable bonds is 6. The molecule has 1 rings (SSSR count). The molecule has 0 aliphatic rings. The second-order valence-electron chi connectivity index (χ2n) is 3.92. The van der Waals surface area contributed by atoms with Crippen LogP contribution in [0.1, 0.15) is 38.4 Å². The fourth-order valence-electron chi connectivity index (χ4n) is 1.59. The Balaban J connectivity index is 2.46. The van der Waals surface area contributed by atoms with Gasteiger partial charge < -0.3 is 4.57 Å². The average molecular weight is 267 g/mol. The zero-order valence-corrected chi connectivity index (χ0v) is 10.5. The summed E-state index contributed by atoms with van der Waals surface area (Å²) in [4.78, 5) is 0. The number of aromatic amines is 1. The largest absolute Gasteiger partial charge is 0.389 e. The molecule has 0 aliphatic carbocycles. The number of unbranched alkanes of at least 4 members (excludes halogenated alkanes) is 1. The molecule has 0 aliphatic heterocycles. The van der Waals surface area contributed by atoms with Crippen molar-refractivity contribution >= 4 is 12.2 Å². The monoisotopic (exact) mass is 267 g/mol. The first-order valence-electron chi connectivity index (χ1n) is 5.65. The van der Waals surface area contributed by atoms with Crippen LogP contribution < -0.4 is 0 Å². The molecule has 1 aromatic heterocycles. The molecule has 17 heavy (non-hydrogen) atoms. The third kappa shape index (κ3) is 4.89. The Kier molecular flexibility index (Phi) is 5.17. The van der Waals surface area contributed by atoms with Gasteiger partial charge in [0, 0.05) is 19.4 Å². The molecular weight excluding hydrogens is 251 g/mol. The van der Waals surface area contributed by atoms with Crippen LogP contribution in [0.2, 0.25) is 0 Å². The highest BCUT2D eigenvalue weighted by Gasteiger charge is 2.25. The summed E-state index contributed by atoms with van der Waals surface area (Å²) < 4.78 is 38.1. The van der Waals surface area contributed by atoms with E-state index < -0.39 is 12.6 Å². The van der Waals surface area contributed by atoms with Gasteiger partial charge >= 0.3 is 6.18 Å². The van der Waals surface area contributed by atoms with Gasteiger partial charge in [0.05, 0.1) is 0 Å². The Hall–Kier alpha value is -0.850. The smallest absolute Gasteiger partial charge is 0.304 e. The zero-order valence-electron chi connectivity index (χ0n) is 9.68. The number of nitrogens with one attached hydrogen (secondary N) is 1. The summed E-state index contributed by atoms with van der Waals surface area (Å²) in [6.07, 6.45) is -2.49. The van der Waals surface area contributed by atoms with Crippen molar-refractivity contribution in [3.05, 3.63) is 10.6 Å². The van der Waals surface area contributed by atoms with E-state index in [2.05, 4.69) is 10.2 Å². The lowest BCUT2D eigenvalue weighted by molar-refractivity contribution is -0.135. The Bertz CT molecular complexity index is 394. The van der Waals surface area contributed by atoms with Crippen molar-refractivity contribution in [2.24, 2.45) is 0 Å². The molecule has 1 N–H and O–H groups in total. The van der Waals surface area contributed by atoms with Crippen LogP contribution in [0.4, 0.5) is 13.2 Å². The van der Waals surface area contributed by atoms with Crippen molar-refractivity contribution in [1.82, 2.24) is 14.8 Å². The summed E-state index contributed by atoms with van der Waals surface area (Å²) in [5, 5.41) is 6.73. The first-order valence-corrected chi connectivity index (χ1v) is 6.05. The lowest BCUT2D eigenvalue weighted by atomic mass is 10.2. The molecule has 0 spiro atoms. The maximum absolute atomic E-state index is 12.0. The van der Waals surface area contributed by atoms with Crippen LogP contribution in [0.3, 0.4) is 0 Å². The first-order chi connectivity index (χ1) is 7.94. The number of aryl methyl sites for hydroxylation is 1. The number of nitrogens with zero attached hydrogens (tertiary/aromatic N) is 2. The van der Waals surface area contributed by atoms with Crippen molar-refractivity contribution in [2.45, 2.75) is 51.7 Å². The average Bonchev–Trinajstić information content (AvgIpc) is 2.55. The van der Waals surface area contributed by atoms with Crippen LogP contribution >= 0.6 is 12.2 Å². The maximum atomic E-state index is 12.0. The van der Waals surface area contributed by atoms with Gasteiger partial charge in [-0.3, -0.25) is 5.10 Å². The molecular formula is C10H16F3N3S. The van der Waals surface area contributed by atoms with E-state index in [0.29, 0.717) is 17.7 Å². The molecule has 0 unspecified atom stereocenters. The van der Waals surface area contributed by atoms with Crippen LogP contribution in [-0.4, -0.2) is 20.9 Å². The predicted octanol–water partition coefficient (Wildman–Crippen LogP) is 3.63. The van der Waals surface area contributed by atoms with E-state index in [-0.39, 0.29) is 6.42 Å². The summed E-state index contributed by atoms with van der Waals surface area (Å²) in [6.45, 7) is 2.52. The molecule has 1 heterocycles. The highest BCUT2D eigenvalue weighted by molar-refractivity contribution is 7.71. The molecule has 0 saturated heterocycles. The second kappa shape index (κ2) is 6.18. The number of H-pyrrole nitrogens is 1. The van der Waals surface area contributed by atoms with E-state index in [9.17, 15) is 13.2 Å². The van der Waals surface area contributed by atoms with E-state index in [1.54, 1.807) is 4.57 Å². The van der Waals surface area contributed by atoms with Crippen molar-refractivity contribution in [3.8, 4) is 0 Å². The summed E-state index contributed by atoms with van der Waals surface area (Å²) in [5.74, 6) is 0.824. The zero-order chi connectivity index (χ0) is 12.9. The summed E-state index contributed by atoms with van der Waals surface area (Å²) in [5.41, 5.74) is 0. The van der Waals surface area contributed by atoms with E-state index in [1.807, 2.05) is 6.92 Å². The molecule has 7 heteroatoms. The number of aromatic nitrogens is 3. The number of hydrogen-bond acceptors (Lipinski definition) is 2. The second-order valence-corrected chi connectivity index (χ2v) is 4.31. The van der Waals surface area contributed by atoms with Crippen molar-refractivity contribution in [1.29, 1.82) is 0 Å². The summed E-state index contributed by atoms with van der Waals surface area (Å²) in [7, 11) is 0. The standard InChI is InChI=1S/C10H16F3N3S/c1-2-5-8-14-15-9(17)16(8)7-4-3-6-10(11,12)13/h2-7H2,1H3,(H,15,17). The van der Waals surface area contributed by atoms with Crippen molar-refractivity contribution in [2.75, 3.05) is 0 Å². The maximum Gasteiger partial charge on any atom is 0.389 e. The molecule has 3 nitrogen and oxygen atoms in total. The van der Waals surface area contributed by atoms with Crippen LogP contribution in [0.15, 0.2) is 0 Å². The van der Waals surface area contributed by atoms with Gasteiger partial charge in [-0.25, -0.2) is 0 Å². The molecule has 1 aromatic rings. The van der Waals surface area contributed by atoms with Gasteiger partial charge in [-0.05, 0) is 31.5 Å². The molecule has 0 fully saturated rings. The van der Waals surface area contributed by atoms with Crippen LogP contribution in [0.5, 0.6) is 0 Å². The Morgan fingerprint density at radius 2 is 2.06 bits per heavy atom. The minimum atomic E-state index is -4.07. The van der Waals surface area contributed by atoms with Crippen molar-refractivity contribution < 1.29 is 13.2 Å². The fraction of sp³-hybridized carbons (Fsp3) is 0.800. The molecule has 0 saturated carbocycles. The predicted molar refractivity (Wildman–Crippen MR) is 61.3 cm³/mol. The first kappa shape index (κ1) is 14.2. The van der Waals surface area contributed by atoms with Crippen LogP contribution in [0.25, 0.3) is 0 Å². The topological polar surface area (TPSA) is 33.6 Å². The van der Waals surface area contributed by atoms with Crippen molar-refractivity contribution in [3.63, 3.8) is 0 Å². The number of hydrogen-bond donors (Lipinski definition) is 1. The molecule has 0 aromatic carbocycles. The lowest BCUT2D eigenvalue weighted by Crippen LogP contribution is -2.09. The summed E-state index contributed by atoms with van der Waals surface area (Å²) >= 11 is 5.03. The molecule has 98 valence electrons. The number of halogens is 3. The van der Waals surface area contributed by atoms with Gasteiger partial charge in [0.25, 0.3) is 0 Å². The fourth-order valence-corrected chi connectivity index (χ4v) is 1.83. The summed E-state index contributed by atoms with van der Waals surface area (Å²) in [6, 6.07) is 0. The quantitative estimate of drug-likeness (QED) is 0.631. The van der Waals surface area contributed by atoms with Crippen LogP contribution in [0, 0.1) is 4.77 Å². The molecule has 0 amide bonds. The van der Waals surface area contributed by atoms with E-state index in [1.165, 1.54) is 0 Å². The molecule has 0 bridgehead atoms. The van der Waals surface area contributed by atoms with E-state index in [0.717, 1.165) is 18.7 Å². The van der Waals surface area contributed by atoms with Gasteiger partial charge in [0.2, 0.25) is 0 Å². The SMILES string of the molecule is CCCc1n[nH]c(=S)n1CCCCC(F)(F)F. The van der Waals surface area contributed by atoms with Gasteiger partial charge in [-0.2, -0.15) is 18.3 Å². The lowest BCUT2D eigenvalue weighted by Gasteiger charge is -2.07. The Labute approximate surface area is 103 Å². The van der Waals surface area contributed by atoms with Crippen LogP contribution in [-0.2, 0) is 13.0 Å². The van der Waals surface area contributed by atoms with Gasteiger partial charge in [0.15, 0.2) is 4.77 Å². The highest BCUT2D eigenvalue weighted by Crippen LogP contribution is 2.22. The Morgan fingerprint density at radius 1 is 1.35 bits per heavy atom. The number of alkyl halides is 3. The molecule has 0 atom stereocenters. The molecule has 0 radical (unpaired) electrons. The van der Waals surface area contributed by atoms with Gasteiger partial charge in [-0.1, -0.05) is 6.92 Å². The van der Waals surface area contributed by atoms with Gasteiger partial charge in [-0.15, -0.1) is 0 Å². The van der Waals surface area contributed by atoms with E-state index >= 15 is 0 Å². The normalized spacial score (nSPS) is 12.0. The van der Waals surface area contributed by atoms with E-state index in [4.69, 9.17) is 12.2 Å². The Morgan fingerprint density at radius 3 is 2.65 bits per heavy atom. The third-order valence-corrected chi connectivity index (χ3v) is 2.71. The highest BCUT2D eigenvalue weighted by atomic mass is 32.1. The third-order valence-electron chi connectivity index (χ3n) is 2.40. The minimum Gasteiger partial charge on any atom is -0.304 e.